The number of nitrogens with one attached hydrogen (secondary N) is 1. The maximum Gasteiger partial charge on any atom is 0.0966 e. The molecular weight excluding hydrogens is 184 g/mol. The van der Waals surface area contributed by atoms with Crippen molar-refractivity contribution in [3.05, 3.63) is 17.1 Å². The number of nitrogens with zero attached hydrogens (tertiary/aromatic N) is 1. The highest BCUT2D eigenvalue weighted by Gasteiger charge is 2.22. The fourth-order valence-corrected chi connectivity index (χ4v) is 2.31. The third-order valence-electron chi connectivity index (χ3n) is 2.52. The summed E-state index contributed by atoms with van der Waals surface area (Å²) in [6.07, 6.45) is 4.89. The molecule has 13 heavy (non-hydrogen) atoms. The summed E-state index contributed by atoms with van der Waals surface area (Å²) in [6, 6.07) is 0.227. The fraction of sp³-hybridized carbons (Fsp3) is 0.667. The van der Waals surface area contributed by atoms with Gasteiger partial charge in [0.25, 0.3) is 0 Å². The molecule has 2 atom stereocenters. The first-order valence-corrected chi connectivity index (χ1v) is 5.52. The van der Waals surface area contributed by atoms with Crippen molar-refractivity contribution in [2.75, 3.05) is 6.54 Å². The molecule has 3 nitrogen and oxygen atoms in total. The highest BCUT2D eigenvalue weighted by Crippen LogP contribution is 2.23. The molecule has 4 heteroatoms. The van der Waals surface area contributed by atoms with E-state index in [0.29, 0.717) is 0 Å². The Hall–Kier alpha value is -0.450. The van der Waals surface area contributed by atoms with E-state index in [1.165, 1.54) is 24.4 Å². The van der Waals surface area contributed by atoms with Crippen LogP contribution in [0.4, 0.5) is 0 Å². The van der Waals surface area contributed by atoms with Crippen molar-refractivity contribution in [3.8, 4) is 0 Å². The average molecular weight is 198 g/mol. The van der Waals surface area contributed by atoms with Crippen molar-refractivity contribution < 1.29 is 5.11 Å². The molecule has 0 aromatic carbocycles. The maximum absolute atomic E-state index is 9.94. The van der Waals surface area contributed by atoms with Crippen LogP contribution in [0.1, 0.15) is 30.9 Å². The van der Waals surface area contributed by atoms with Crippen molar-refractivity contribution in [1.82, 2.24) is 9.69 Å². The SMILES string of the molecule is OC(c1cnsc1)C1CCCCN1. The summed E-state index contributed by atoms with van der Waals surface area (Å²) in [7, 11) is 0. The van der Waals surface area contributed by atoms with Gasteiger partial charge in [-0.15, -0.1) is 0 Å². The lowest BCUT2D eigenvalue weighted by Crippen LogP contribution is -2.38. The Bertz CT molecular complexity index is 244. The zero-order valence-electron chi connectivity index (χ0n) is 7.44. The minimum Gasteiger partial charge on any atom is -0.387 e. The average Bonchev–Trinajstić information content (AvgIpc) is 2.71. The van der Waals surface area contributed by atoms with Crippen LogP contribution in [0.3, 0.4) is 0 Å². The van der Waals surface area contributed by atoms with E-state index in [0.717, 1.165) is 18.5 Å². The molecule has 2 unspecified atom stereocenters. The molecule has 0 bridgehead atoms. The van der Waals surface area contributed by atoms with Gasteiger partial charge in [0.2, 0.25) is 0 Å². The molecule has 1 fully saturated rings. The lowest BCUT2D eigenvalue weighted by Gasteiger charge is -2.27. The van der Waals surface area contributed by atoms with E-state index in [4.69, 9.17) is 0 Å². The van der Waals surface area contributed by atoms with Gasteiger partial charge in [0.05, 0.1) is 6.10 Å². The Morgan fingerprint density at radius 3 is 3.15 bits per heavy atom. The molecule has 1 aliphatic rings. The smallest absolute Gasteiger partial charge is 0.0966 e. The second kappa shape index (κ2) is 4.17. The summed E-state index contributed by atoms with van der Waals surface area (Å²) in [5, 5.41) is 15.2. The van der Waals surface area contributed by atoms with Crippen molar-refractivity contribution in [2.45, 2.75) is 31.4 Å². The van der Waals surface area contributed by atoms with E-state index in [-0.39, 0.29) is 12.1 Å². The van der Waals surface area contributed by atoms with Crippen molar-refractivity contribution in [2.24, 2.45) is 0 Å². The minimum atomic E-state index is -0.376. The van der Waals surface area contributed by atoms with Crippen molar-refractivity contribution in [1.29, 1.82) is 0 Å². The number of hydrogen-bond donors (Lipinski definition) is 2. The number of aliphatic hydroxyl groups is 1. The molecule has 2 rings (SSSR count). The number of hydrogen-bond acceptors (Lipinski definition) is 4. The van der Waals surface area contributed by atoms with Crippen LogP contribution in [-0.2, 0) is 0 Å². The molecule has 0 saturated carbocycles. The summed E-state index contributed by atoms with van der Waals surface area (Å²) in [5.41, 5.74) is 0.949. The van der Waals surface area contributed by atoms with Crippen LogP contribution in [0.5, 0.6) is 0 Å². The standard InChI is InChI=1S/C9H14N2OS/c12-9(7-5-11-13-6-7)8-3-1-2-4-10-8/h5-6,8-10,12H,1-4H2. The highest BCUT2D eigenvalue weighted by molar-refractivity contribution is 7.03. The van der Waals surface area contributed by atoms with E-state index in [1.807, 2.05) is 5.38 Å². The summed E-state index contributed by atoms with van der Waals surface area (Å²) in [5.74, 6) is 0. The van der Waals surface area contributed by atoms with Gasteiger partial charge < -0.3 is 10.4 Å². The van der Waals surface area contributed by atoms with Crippen LogP contribution >= 0.6 is 11.5 Å². The van der Waals surface area contributed by atoms with Crippen LogP contribution in [-0.4, -0.2) is 22.1 Å². The first-order chi connectivity index (χ1) is 6.38. The Morgan fingerprint density at radius 2 is 2.54 bits per heavy atom. The maximum atomic E-state index is 9.94. The number of piperidine rings is 1. The first kappa shape index (κ1) is 9.12. The van der Waals surface area contributed by atoms with Crippen LogP contribution in [0.2, 0.25) is 0 Å². The molecule has 2 heterocycles. The zero-order chi connectivity index (χ0) is 9.10. The Morgan fingerprint density at radius 1 is 1.62 bits per heavy atom. The normalized spacial score (nSPS) is 25.8. The van der Waals surface area contributed by atoms with Gasteiger partial charge in [-0.1, -0.05) is 6.42 Å². The van der Waals surface area contributed by atoms with E-state index >= 15 is 0 Å². The Labute approximate surface area is 82.0 Å². The summed E-state index contributed by atoms with van der Waals surface area (Å²) in [4.78, 5) is 0. The molecule has 0 aliphatic carbocycles. The minimum absolute atomic E-state index is 0.227. The molecule has 2 N–H and O–H groups in total. The Balaban J connectivity index is 1.99. The zero-order valence-corrected chi connectivity index (χ0v) is 8.26. The molecule has 1 aliphatic heterocycles. The third-order valence-corrected chi connectivity index (χ3v) is 3.13. The molecule has 0 radical (unpaired) electrons. The van der Waals surface area contributed by atoms with E-state index in [1.54, 1.807) is 6.20 Å². The van der Waals surface area contributed by atoms with Gasteiger partial charge in [0.1, 0.15) is 0 Å². The molecule has 0 spiro atoms. The second-order valence-electron chi connectivity index (χ2n) is 3.46. The highest BCUT2D eigenvalue weighted by atomic mass is 32.1. The van der Waals surface area contributed by atoms with Crippen LogP contribution in [0.25, 0.3) is 0 Å². The molecule has 72 valence electrons. The topological polar surface area (TPSA) is 45.2 Å². The van der Waals surface area contributed by atoms with Gasteiger partial charge in [0.15, 0.2) is 0 Å². The van der Waals surface area contributed by atoms with Gasteiger partial charge in [-0.05, 0) is 30.9 Å². The van der Waals surface area contributed by atoms with E-state index < -0.39 is 0 Å². The molecule has 1 saturated heterocycles. The molecule has 1 aromatic heterocycles. The van der Waals surface area contributed by atoms with Crippen molar-refractivity contribution in [3.63, 3.8) is 0 Å². The van der Waals surface area contributed by atoms with Gasteiger partial charge in [-0.3, -0.25) is 0 Å². The monoisotopic (exact) mass is 198 g/mol. The molecule has 0 amide bonds. The van der Waals surface area contributed by atoms with Crippen LogP contribution < -0.4 is 5.32 Å². The second-order valence-corrected chi connectivity index (χ2v) is 4.12. The summed E-state index contributed by atoms with van der Waals surface area (Å²) >= 11 is 1.39. The lowest BCUT2D eigenvalue weighted by molar-refractivity contribution is 0.114. The van der Waals surface area contributed by atoms with Crippen LogP contribution in [0.15, 0.2) is 11.6 Å². The van der Waals surface area contributed by atoms with Crippen molar-refractivity contribution >= 4 is 11.5 Å². The fourth-order valence-electron chi connectivity index (χ4n) is 1.74. The molecular formula is C9H14N2OS. The van der Waals surface area contributed by atoms with E-state index in [2.05, 4.69) is 9.69 Å². The predicted molar refractivity (Wildman–Crippen MR) is 52.7 cm³/mol. The lowest BCUT2D eigenvalue weighted by atomic mass is 9.97. The summed E-state index contributed by atoms with van der Waals surface area (Å²) in [6.45, 7) is 1.03. The first-order valence-electron chi connectivity index (χ1n) is 4.68. The largest absolute Gasteiger partial charge is 0.387 e. The molecule has 1 aromatic rings. The van der Waals surface area contributed by atoms with Gasteiger partial charge in [-0.25, -0.2) is 4.37 Å². The van der Waals surface area contributed by atoms with Gasteiger partial charge in [0, 0.05) is 23.2 Å². The van der Waals surface area contributed by atoms with Crippen LogP contribution in [0, 0.1) is 0 Å². The number of aliphatic hydroxyl groups excluding tert-OH is 1. The third kappa shape index (κ3) is 2.07. The number of rotatable bonds is 2. The van der Waals surface area contributed by atoms with E-state index in [9.17, 15) is 5.11 Å². The van der Waals surface area contributed by atoms with Gasteiger partial charge >= 0.3 is 0 Å². The number of aromatic nitrogens is 1. The predicted octanol–water partition coefficient (Wildman–Crippen LogP) is 1.32. The van der Waals surface area contributed by atoms with Gasteiger partial charge in [-0.2, -0.15) is 0 Å². The quantitative estimate of drug-likeness (QED) is 0.753. The Kier molecular flexibility index (Phi) is 2.93. The summed E-state index contributed by atoms with van der Waals surface area (Å²) < 4.78 is 3.99.